The molecule has 1 unspecified atom stereocenters. The molecule has 1 fully saturated rings. The van der Waals surface area contributed by atoms with E-state index in [1.807, 2.05) is 23.1 Å². The number of hydrogen-bond donors (Lipinski definition) is 1. The Bertz CT molecular complexity index is 376. The van der Waals surface area contributed by atoms with Crippen molar-refractivity contribution in [3.63, 3.8) is 0 Å². The van der Waals surface area contributed by atoms with Crippen LogP contribution in [0.25, 0.3) is 0 Å². The van der Waals surface area contributed by atoms with E-state index in [0.29, 0.717) is 5.56 Å². The van der Waals surface area contributed by atoms with Crippen LogP contribution in [0.2, 0.25) is 0 Å². The summed E-state index contributed by atoms with van der Waals surface area (Å²) in [6, 6.07) is 7.43. The minimum absolute atomic E-state index is 0.0607. The van der Waals surface area contributed by atoms with Gasteiger partial charge >= 0.3 is 0 Å². The highest BCUT2D eigenvalue weighted by Crippen LogP contribution is 2.24. The number of carbonyl (C=O) groups excluding carboxylic acids is 1. The van der Waals surface area contributed by atoms with Gasteiger partial charge in [0.25, 0.3) is 0 Å². The van der Waals surface area contributed by atoms with Gasteiger partial charge in [0.2, 0.25) is 0 Å². The van der Waals surface area contributed by atoms with Crippen LogP contribution in [0.1, 0.15) is 30.1 Å². The molecule has 3 heteroatoms. The third-order valence-corrected chi connectivity index (χ3v) is 2.81. The second-order valence-corrected chi connectivity index (χ2v) is 3.92. The lowest BCUT2D eigenvalue weighted by Crippen LogP contribution is -2.28. The average Bonchev–Trinajstić information content (AvgIpc) is 2.64. The predicted octanol–water partition coefficient (Wildman–Crippen LogP) is 1.81. The Morgan fingerprint density at radius 2 is 2.33 bits per heavy atom. The number of ketones is 1. The molecule has 0 radical (unpaired) electrons. The summed E-state index contributed by atoms with van der Waals surface area (Å²) in [5.41, 5.74) is 1.64. The van der Waals surface area contributed by atoms with Crippen molar-refractivity contribution in [2.45, 2.75) is 26.0 Å². The Kier molecular flexibility index (Phi) is 2.73. The Morgan fingerprint density at radius 1 is 1.53 bits per heavy atom. The van der Waals surface area contributed by atoms with Crippen LogP contribution in [0, 0.1) is 0 Å². The van der Waals surface area contributed by atoms with Gasteiger partial charge in [-0.15, -0.1) is 0 Å². The van der Waals surface area contributed by atoms with Gasteiger partial charge in [0.05, 0.1) is 0 Å². The van der Waals surface area contributed by atoms with Gasteiger partial charge in [-0.25, -0.2) is 0 Å². The molecule has 0 aromatic heterocycles. The molecule has 1 aliphatic heterocycles. The highest BCUT2D eigenvalue weighted by atomic mass is 16.3. The number of benzene rings is 1. The number of anilines is 1. The summed E-state index contributed by atoms with van der Waals surface area (Å²) >= 11 is 0. The lowest BCUT2D eigenvalue weighted by molar-refractivity contribution is 0.101. The van der Waals surface area contributed by atoms with E-state index in [2.05, 4.69) is 0 Å². The van der Waals surface area contributed by atoms with Crippen LogP contribution in [0.3, 0.4) is 0 Å². The zero-order chi connectivity index (χ0) is 10.8. The fraction of sp³-hybridized carbons (Fsp3) is 0.417. The van der Waals surface area contributed by atoms with Crippen LogP contribution in [-0.2, 0) is 0 Å². The number of nitrogens with zero attached hydrogens (tertiary/aromatic N) is 1. The maximum Gasteiger partial charge on any atom is 0.159 e. The van der Waals surface area contributed by atoms with Crippen molar-refractivity contribution in [3.05, 3.63) is 29.8 Å². The summed E-state index contributed by atoms with van der Waals surface area (Å²) in [7, 11) is 0. The first-order valence-corrected chi connectivity index (χ1v) is 5.24. The summed E-state index contributed by atoms with van der Waals surface area (Å²) in [4.78, 5) is 13.1. The van der Waals surface area contributed by atoms with Gasteiger partial charge in [-0.05, 0) is 31.9 Å². The molecule has 1 aliphatic rings. The first kappa shape index (κ1) is 10.2. The Labute approximate surface area is 89.3 Å². The molecule has 80 valence electrons. The molecule has 1 aromatic carbocycles. The summed E-state index contributed by atoms with van der Waals surface area (Å²) in [6.07, 6.45) is 1.42. The number of aliphatic hydroxyl groups is 1. The fourth-order valence-corrected chi connectivity index (χ4v) is 1.95. The van der Waals surface area contributed by atoms with E-state index in [-0.39, 0.29) is 5.78 Å². The number of carbonyl (C=O) groups is 1. The lowest BCUT2D eigenvalue weighted by atomic mass is 10.1. The zero-order valence-electron chi connectivity index (χ0n) is 8.81. The van der Waals surface area contributed by atoms with E-state index in [9.17, 15) is 9.90 Å². The maximum atomic E-state index is 11.2. The second kappa shape index (κ2) is 4.03. The van der Waals surface area contributed by atoms with Crippen LogP contribution in [0.15, 0.2) is 24.3 Å². The van der Waals surface area contributed by atoms with Gasteiger partial charge in [-0.1, -0.05) is 12.1 Å². The average molecular weight is 205 g/mol. The summed E-state index contributed by atoms with van der Waals surface area (Å²) in [6.45, 7) is 2.42. The molecular formula is C12H15NO2. The highest BCUT2D eigenvalue weighted by Gasteiger charge is 2.22. The summed E-state index contributed by atoms with van der Waals surface area (Å²) in [5, 5.41) is 9.71. The van der Waals surface area contributed by atoms with Crippen LogP contribution in [0.5, 0.6) is 0 Å². The van der Waals surface area contributed by atoms with Gasteiger partial charge in [-0.2, -0.15) is 0 Å². The quantitative estimate of drug-likeness (QED) is 0.748. The minimum Gasteiger partial charge on any atom is -0.374 e. The standard InChI is InChI=1S/C12H15NO2/c1-9(14)10-4-2-5-11(8-10)13-7-3-6-12(13)15/h2,4-5,8,12,15H,3,6-7H2,1H3. The van der Waals surface area contributed by atoms with E-state index >= 15 is 0 Å². The molecule has 0 saturated carbocycles. The summed E-state index contributed by atoms with van der Waals surface area (Å²) < 4.78 is 0. The molecule has 0 aliphatic carbocycles. The Balaban J connectivity index is 2.28. The maximum absolute atomic E-state index is 11.2. The van der Waals surface area contributed by atoms with E-state index in [1.54, 1.807) is 13.0 Å². The van der Waals surface area contributed by atoms with Gasteiger partial charge in [-0.3, -0.25) is 4.79 Å². The molecule has 1 N–H and O–H groups in total. The topological polar surface area (TPSA) is 40.5 Å². The second-order valence-electron chi connectivity index (χ2n) is 3.92. The SMILES string of the molecule is CC(=O)c1cccc(N2CCCC2O)c1. The molecule has 1 aromatic rings. The number of rotatable bonds is 2. The monoisotopic (exact) mass is 205 g/mol. The van der Waals surface area contributed by atoms with E-state index in [0.717, 1.165) is 25.1 Å². The van der Waals surface area contributed by atoms with Crippen molar-refractivity contribution >= 4 is 11.5 Å². The molecule has 3 nitrogen and oxygen atoms in total. The Hall–Kier alpha value is -1.35. The fourth-order valence-electron chi connectivity index (χ4n) is 1.95. The highest BCUT2D eigenvalue weighted by molar-refractivity contribution is 5.95. The first-order chi connectivity index (χ1) is 7.18. The van der Waals surface area contributed by atoms with Gasteiger partial charge in [0, 0.05) is 17.8 Å². The molecule has 2 rings (SSSR count). The van der Waals surface area contributed by atoms with Crippen molar-refractivity contribution in [1.82, 2.24) is 0 Å². The lowest BCUT2D eigenvalue weighted by Gasteiger charge is -2.22. The van der Waals surface area contributed by atoms with Crippen molar-refractivity contribution in [2.24, 2.45) is 0 Å². The van der Waals surface area contributed by atoms with E-state index in [1.165, 1.54) is 0 Å². The van der Waals surface area contributed by atoms with Gasteiger partial charge in [0.1, 0.15) is 6.23 Å². The third-order valence-electron chi connectivity index (χ3n) is 2.81. The zero-order valence-corrected chi connectivity index (χ0v) is 8.81. The third kappa shape index (κ3) is 2.02. The number of hydrogen-bond acceptors (Lipinski definition) is 3. The van der Waals surface area contributed by atoms with Gasteiger partial charge < -0.3 is 10.0 Å². The molecule has 1 heterocycles. The Morgan fingerprint density at radius 3 is 2.93 bits per heavy atom. The normalized spacial score (nSPS) is 20.7. The first-order valence-electron chi connectivity index (χ1n) is 5.24. The van der Waals surface area contributed by atoms with Crippen molar-refractivity contribution in [2.75, 3.05) is 11.4 Å². The number of aliphatic hydroxyl groups excluding tert-OH is 1. The van der Waals surface area contributed by atoms with Crippen LogP contribution in [-0.4, -0.2) is 23.7 Å². The molecule has 0 amide bonds. The van der Waals surface area contributed by atoms with Crippen molar-refractivity contribution in [1.29, 1.82) is 0 Å². The van der Waals surface area contributed by atoms with Crippen molar-refractivity contribution in [3.8, 4) is 0 Å². The molecular weight excluding hydrogens is 190 g/mol. The molecule has 15 heavy (non-hydrogen) atoms. The molecule has 0 bridgehead atoms. The largest absolute Gasteiger partial charge is 0.374 e. The van der Waals surface area contributed by atoms with Gasteiger partial charge in [0.15, 0.2) is 5.78 Å². The predicted molar refractivity (Wildman–Crippen MR) is 59.0 cm³/mol. The molecule has 1 saturated heterocycles. The smallest absolute Gasteiger partial charge is 0.159 e. The van der Waals surface area contributed by atoms with Crippen LogP contribution >= 0.6 is 0 Å². The summed E-state index contributed by atoms with van der Waals surface area (Å²) in [5.74, 6) is 0.0607. The van der Waals surface area contributed by atoms with Crippen molar-refractivity contribution < 1.29 is 9.90 Å². The van der Waals surface area contributed by atoms with Crippen LogP contribution in [0.4, 0.5) is 5.69 Å². The van der Waals surface area contributed by atoms with E-state index < -0.39 is 6.23 Å². The molecule has 1 atom stereocenters. The molecule has 0 spiro atoms. The van der Waals surface area contributed by atoms with E-state index in [4.69, 9.17) is 0 Å². The minimum atomic E-state index is -0.396. The number of Topliss-reactive ketones (excluding diaryl/α,β-unsaturated/α-hetero) is 1. The van der Waals surface area contributed by atoms with Crippen LogP contribution < -0.4 is 4.90 Å².